The SMILES string of the molecule is CCNC(=NCc1ccccc1CN1CCOCC1)NCCCOCC.I. The third-order valence-electron chi connectivity index (χ3n) is 4.33. The molecule has 0 bridgehead atoms. The molecule has 0 radical (unpaired) electrons. The normalized spacial score (nSPS) is 15.3. The number of hydrogen-bond acceptors (Lipinski definition) is 4. The molecule has 27 heavy (non-hydrogen) atoms. The minimum atomic E-state index is 0. The molecule has 1 heterocycles. The second-order valence-corrected chi connectivity index (χ2v) is 6.33. The number of rotatable bonds is 10. The smallest absolute Gasteiger partial charge is 0.191 e. The molecule has 1 aliphatic heterocycles. The van der Waals surface area contributed by atoms with Gasteiger partial charge in [0.2, 0.25) is 0 Å². The lowest BCUT2D eigenvalue weighted by molar-refractivity contribution is 0.0341. The Morgan fingerprint density at radius 2 is 1.89 bits per heavy atom. The monoisotopic (exact) mass is 490 g/mol. The van der Waals surface area contributed by atoms with E-state index in [9.17, 15) is 0 Å². The Morgan fingerprint density at radius 1 is 1.15 bits per heavy atom. The van der Waals surface area contributed by atoms with E-state index in [0.717, 1.165) is 71.5 Å². The molecule has 2 rings (SSSR count). The average molecular weight is 490 g/mol. The van der Waals surface area contributed by atoms with Crippen LogP contribution in [0.3, 0.4) is 0 Å². The number of aliphatic imine (C=N–C) groups is 1. The van der Waals surface area contributed by atoms with E-state index in [1.165, 1.54) is 11.1 Å². The summed E-state index contributed by atoms with van der Waals surface area (Å²) in [6.07, 6.45) is 0.978. The van der Waals surface area contributed by atoms with Crippen LogP contribution in [0.25, 0.3) is 0 Å². The van der Waals surface area contributed by atoms with Crippen molar-refractivity contribution in [3.8, 4) is 0 Å². The van der Waals surface area contributed by atoms with E-state index in [1.54, 1.807) is 0 Å². The van der Waals surface area contributed by atoms with Gasteiger partial charge in [-0.3, -0.25) is 4.90 Å². The van der Waals surface area contributed by atoms with Crippen LogP contribution >= 0.6 is 24.0 Å². The Balaban J connectivity index is 0.00000364. The first kappa shape index (κ1) is 24.1. The van der Waals surface area contributed by atoms with Crippen LogP contribution in [0, 0.1) is 0 Å². The predicted molar refractivity (Wildman–Crippen MR) is 122 cm³/mol. The van der Waals surface area contributed by atoms with Crippen LogP contribution in [0.5, 0.6) is 0 Å². The molecule has 7 heteroatoms. The number of guanidine groups is 1. The van der Waals surface area contributed by atoms with Gasteiger partial charge < -0.3 is 20.1 Å². The fourth-order valence-electron chi connectivity index (χ4n) is 2.90. The quantitative estimate of drug-likeness (QED) is 0.229. The van der Waals surface area contributed by atoms with E-state index >= 15 is 0 Å². The van der Waals surface area contributed by atoms with Gasteiger partial charge in [-0.15, -0.1) is 24.0 Å². The fourth-order valence-corrected chi connectivity index (χ4v) is 2.90. The maximum Gasteiger partial charge on any atom is 0.191 e. The molecule has 2 N–H and O–H groups in total. The van der Waals surface area contributed by atoms with Crippen LogP contribution in [0.2, 0.25) is 0 Å². The molecule has 1 aliphatic rings. The van der Waals surface area contributed by atoms with Crippen molar-refractivity contribution in [1.29, 1.82) is 0 Å². The van der Waals surface area contributed by atoms with Gasteiger partial charge in [0.25, 0.3) is 0 Å². The van der Waals surface area contributed by atoms with E-state index < -0.39 is 0 Å². The van der Waals surface area contributed by atoms with Gasteiger partial charge in [0, 0.05) is 45.9 Å². The summed E-state index contributed by atoms with van der Waals surface area (Å²) in [6.45, 7) is 12.7. The number of benzene rings is 1. The molecule has 0 saturated carbocycles. The lowest BCUT2D eigenvalue weighted by atomic mass is 10.1. The summed E-state index contributed by atoms with van der Waals surface area (Å²) in [5.74, 6) is 0.866. The molecule has 6 nitrogen and oxygen atoms in total. The number of nitrogens with zero attached hydrogens (tertiary/aromatic N) is 2. The van der Waals surface area contributed by atoms with Crippen LogP contribution in [-0.2, 0) is 22.6 Å². The molecule has 0 spiro atoms. The maximum atomic E-state index is 5.45. The van der Waals surface area contributed by atoms with Crippen LogP contribution in [0.15, 0.2) is 29.3 Å². The summed E-state index contributed by atoms with van der Waals surface area (Å²) in [6, 6.07) is 8.59. The highest BCUT2D eigenvalue weighted by Crippen LogP contribution is 2.14. The topological polar surface area (TPSA) is 58.1 Å². The molecule has 154 valence electrons. The van der Waals surface area contributed by atoms with Crippen molar-refractivity contribution < 1.29 is 9.47 Å². The van der Waals surface area contributed by atoms with Crippen LogP contribution in [0.4, 0.5) is 0 Å². The molecular formula is C20H35IN4O2. The average Bonchev–Trinajstić information content (AvgIpc) is 2.67. The van der Waals surface area contributed by atoms with Crippen molar-refractivity contribution in [3.63, 3.8) is 0 Å². The van der Waals surface area contributed by atoms with Gasteiger partial charge in [0.15, 0.2) is 5.96 Å². The Hall–Kier alpha value is -0.900. The van der Waals surface area contributed by atoms with Crippen molar-refractivity contribution in [2.45, 2.75) is 33.4 Å². The zero-order valence-corrected chi connectivity index (χ0v) is 19.0. The molecule has 1 aromatic carbocycles. The van der Waals surface area contributed by atoms with Gasteiger partial charge in [-0.1, -0.05) is 24.3 Å². The first-order valence-electron chi connectivity index (χ1n) is 9.80. The highest BCUT2D eigenvalue weighted by molar-refractivity contribution is 14.0. The molecule has 0 amide bonds. The molecule has 0 aliphatic carbocycles. The minimum absolute atomic E-state index is 0. The van der Waals surface area contributed by atoms with Gasteiger partial charge in [-0.25, -0.2) is 4.99 Å². The predicted octanol–water partition coefficient (Wildman–Crippen LogP) is 2.62. The second-order valence-electron chi connectivity index (χ2n) is 6.33. The van der Waals surface area contributed by atoms with E-state index in [1.807, 2.05) is 6.92 Å². The number of ether oxygens (including phenoxy) is 2. The van der Waals surface area contributed by atoms with E-state index in [4.69, 9.17) is 14.5 Å². The third kappa shape index (κ3) is 9.73. The van der Waals surface area contributed by atoms with Crippen molar-refractivity contribution >= 4 is 29.9 Å². The van der Waals surface area contributed by atoms with E-state index in [2.05, 4.69) is 46.7 Å². The Labute approximate surface area is 181 Å². The Kier molecular flexibility index (Phi) is 13.5. The summed E-state index contributed by atoms with van der Waals surface area (Å²) >= 11 is 0. The second kappa shape index (κ2) is 15.1. The largest absolute Gasteiger partial charge is 0.382 e. The lowest BCUT2D eigenvalue weighted by Gasteiger charge is -2.27. The maximum absolute atomic E-state index is 5.45. The summed E-state index contributed by atoms with van der Waals surface area (Å²) in [7, 11) is 0. The van der Waals surface area contributed by atoms with Crippen molar-refractivity contribution in [2.24, 2.45) is 4.99 Å². The molecule has 0 aromatic heterocycles. The van der Waals surface area contributed by atoms with Crippen LogP contribution in [0.1, 0.15) is 31.4 Å². The Morgan fingerprint density at radius 3 is 2.59 bits per heavy atom. The van der Waals surface area contributed by atoms with Crippen molar-refractivity contribution in [1.82, 2.24) is 15.5 Å². The number of hydrogen-bond donors (Lipinski definition) is 2. The summed E-state index contributed by atoms with van der Waals surface area (Å²) in [5.41, 5.74) is 2.64. The molecule has 1 fully saturated rings. The highest BCUT2D eigenvalue weighted by Gasteiger charge is 2.12. The van der Waals surface area contributed by atoms with Gasteiger partial charge in [-0.2, -0.15) is 0 Å². The standard InChI is InChI=1S/C20H34N4O2.HI/c1-3-21-20(22-10-7-13-25-4-2)23-16-18-8-5-6-9-19(18)17-24-11-14-26-15-12-24;/h5-6,8-9H,3-4,7,10-17H2,1-2H3,(H2,21,22,23);1H. The first-order chi connectivity index (χ1) is 12.8. The highest BCUT2D eigenvalue weighted by atomic mass is 127. The van der Waals surface area contributed by atoms with E-state index in [0.29, 0.717) is 6.54 Å². The minimum Gasteiger partial charge on any atom is -0.382 e. The first-order valence-corrected chi connectivity index (χ1v) is 9.80. The Bertz CT molecular complexity index is 536. The summed E-state index contributed by atoms with van der Waals surface area (Å²) < 4.78 is 10.8. The zero-order valence-electron chi connectivity index (χ0n) is 16.7. The number of morpholine rings is 1. The molecule has 1 aromatic rings. The van der Waals surface area contributed by atoms with Crippen LogP contribution < -0.4 is 10.6 Å². The lowest BCUT2D eigenvalue weighted by Crippen LogP contribution is -2.38. The van der Waals surface area contributed by atoms with Gasteiger partial charge in [-0.05, 0) is 31.4 Å². The molecule has 1 saturated heterocycles. The van der Waals surface area contributed by atoms with E-state index in [-0.39, 0.29) is 24.0 Å². The third-order valence-corrected chi connectivity index (χ3v) is 4.33. The van der Waals surface area contributed by atoms with Gasteiger partial charge in [0.05, 0.1) is 19.8 Å². The summed E-state index contributed by atoms with van der Waals surface area (Å²) in [5, 5.41) is 6.70. The van der Waals surface area contributed by atoms with Gasteiger partial charge in [0.1, 0.15) is 0 Å². The summed E-state index contributed by atoms with van der Waals surface area (Å²) in [4.78, 5) is 7.21. The zero-order chi connectivity index (χ0) is 18.5. The van der Waals surface area contributed by atoms with Crippen molar-refractivity contribution in [2.75, 3.05) is 52.6 Å². The number of halogens is 1. The molecule has 0 atom stereocenters. The fraction of sp³-hybridized carbons (Fsp3) is 0.650. The number of nitrogens with one attached hydrogen (secondary N) is 2. The van der Waals surface area contributed by atoms with Crippen molar-refractivity contribution in [3.05, 3.63) is 35.4 Å². The molecule has 0 unspecified atom stereocenters. The van der Waals surface area contributed by atoms with Gasteiger partial charge >= 0.3 is 0 Å². The van der Waals surface area contributed by atoms with Crippen LogP contribution in [-0.4, -0.2) is 63.5 Å². The molecular weight excluding hydrogens is 455 g/mol.